The molecule has 1 amide bonds. The van der Waals surface area contributed by atoms with Crippen LogP contribution in [-0.2, 0) is 6.42 Å². The highest BCUT2D eigenvalue weighted by Crippen LogP contribution is 2.06. The summed E-state index contributed by atoms with van der Waals surface area (Å²) in [4.78, 5) is 23.2. The Morgan fingerprint density at radius 2 is 2.26 bits per heavy atom. The number of rotatable bonds is 6. The number of nitrogens with zero attached hydrogens (tertiary/aromatic N) is 2. The van der Waals surface area contributed by atoms with Crippen LogP contribution in [0.5, 0.6) is 0 Å². The zero-order valence-electron chi connectivity index (χ0n) is 10.8. The lowest BCUT2D eigenvalue weighted by Gasteiger charge is -2.06. The fourth-order valence-electron chi connectivity index (χ4n) is 1.68. The van der Waals surface area contributed by atoms with Gasteiger partial charge in [0.1, 0.15) is 11.6 Å². The molecule has 0 radical (unpaired) electrons. The largest absolute Gasteiger partial charge is 0.370 e. The van der Waals surface area contributed by atoms with Crippen LogP contribution >= 0.6 is 0 Å². The smallest absolute Gasteiger partial charge is 0.251 e. The van der Waals surface area contributed by atoms with Crippen molar-refractivity contribution >= 4 is 11.7 Å². The van der Waals surface area contributed by atoms with E-state index in [1.54, 1.807) is 30.7 Å². The second kappa shape index (κ2) is 6.53. The molecule has 19 heavy (non-hydrogen) atoms. The molecule has 2 heterocycles. The van der Waals surface area contributed by atoms with Crippen molar-refractivity contribution in [3.8, 4) is 0 Å². The lowest BCUT2D eigenvalue weighted by Crippen LogP contribution is -2.26. The summed E-state index contributed by atoms with van der Waals surface area (Å²) in [7, 11) is 0. The number of carbonyl (C=O) groups is 1. The van der Waals surface area contributed by atoms with E-state index in [1.807, 2.05) is 6.92 Å². The summed E-state index contributed by atoms with van der Waals surface area (Å²) >= 11 is 0. The monoisotopic (exact) mass is 259 g/mol. The summed E-state index contributed by atoms with van der Waals surface area (Å²) < 4.78 is 0. The fraction of sp³-hybridized carbons (Fsp3) is 0.308. The lowest BCUT2D eigenvalue weighted by molar-refractivity contribution is 0.0954. The van der Waals surface area contributed by atoms with Crippen molar-refractivity contribution in [3.05, 3.63) is 42.1 Å². The van der Waals surface area contributed by atoms with Gasteiger partial charge in [-0.25, -0.2) is 9.97 Å². The van der Waals surface area contributed by atoms with Gasteiger partial charge in [-0.3, -0.25) is 4.79 Å². The molecule has 0 saturated carbocycles. The van der Waals surface area contributed by atoms with Gasteiger partial charge in [0.25, 0.3) is 5.91 Å². The first-order valence-corrected chi connectivity index (χ1v) is 6.26. The van der Waals surface area contributed by atoms with Crippen LogP contribution in [0.1, 0.15) is 23.1 Å². The van der Waals surface area contributed by atoms with Crippen molar-refractivity contribution in [2.24, 2.45) is 0 Å². The molecule has 2 aromatic rings. The van der Waals surface area contributed by atoms with Crippen LogP contribution in [0.25, 0.3) is 0 Å². The van der Waals surface area contributed by atoms with Gasteiger partial charge < -0.3 is 15.6 Å². The molecular formula is C13H17N5O. The van der Waals surface area contributed by atoms with Crippen LogP contribution in [0.4, 0.5) is 5.82 Å². The number of H-pyrrole nitrogens is 1. The van der Waals surface area contributed by atoms with E-state index in [-0.39, 0.29) is 5.91 Å². The third kappa shape index (κ3) is 3.80. The van der Waals surface area contributed by atoms with Crippen LogP contribution in [-0.4, -0.2) is 33.9 Å². The van der Waals surface area contributed by atoms with Gasteiger partial charge >= 0.3 is 0 Å². The highest BCUT2D eigenvalue weighted by atomic mass is 16.1. The maximum Gasteiger partial charge on any atom is 0.251 e. The zero-order chi connectivity index (χ0) is 13.5. The van der Waals surface area contributed by atoms with E-state index in [0.717, 1.165) is 12.4 Å². The van der Waals surface area contributed by atoms with Crippen LogP contribution in [0.3, 0.4) is 0 Å². The Morgan fingerprint density at radius 3 is 3.00 bits per heavy atom. The van der Waals surface area contributed by atoms with E-state index in [4.69, 9.17) is 0 Å². The van der Waals surface area contributed by atoms with E-state index >= 15 is 0 Å². The number of aromatic amines is 1. The predicted molar refractivity (Wildman–Crippen MR) is 73.0 cm³/mol. The minimum Gasteiger partial charge on any atom is -0.370 e. The lowest BCUT2D eigenvalue weighted by atomic mass is 10.2. The minimum atomic E-state index is -0.104. The highest BCUT2D eigenvalue weighted by molar-refractivity contribution is 5.94. The zero-order valence-corrected chi connectivity index (χ0v) is 10.8. The van der Waals surface area contributed by atoms with Crippen molar-refractivity contribution in [2.75, 3.05) is 18.4 Å². The quantitative estimate of drug-likeness (QED) is 0.728. The predicted octanol–water partition coefficient (Wildman–Crippen LogP) is 1.21. The van der Waals surface area contributed by atoms with Gasteiger partial charge in [0.2, 0.25) is 0 Å². The van der Waals surface area contributed by atoms with Gasteiger partial charge in [-0.1, -0.05) is 0 Å². The molecular weight excluding hydrogens is 242 g/mol. The minimum absolute atomic E-state index is 0.104. The molecule has 0 unspecified atom stereocenters. The maximum atomic E-state index is 11.9. The van der Waals surface area contributed by atoms with Gasteiger partial charge in [-0.2, -0.15) is 0 Å². The molecule has 0 aromatic carbocycles. The molecule has 0 fully saturated rings. The summed E-state index contributed by atoms with van der Waals surface area (Å²) in [6.07, 6.45) is 5.77. The SMILES string of the molecule is CCNc1cc(C(=O)NCCc2ncc[nH]2)ccn1. The van der Waals surface area contributed by atoms with Gasteiger partial charge in [0.05, 0.1) is 0 Å². The maximum absolute atomic E-state index is 11.9. The summed E-state index contributed by atoms with van der Waals surface area (Å²) in [6.45, 7) is 3.31. The molecule has 0 aliphatic carbocycles. The Kier molecular flexibility index (Phi) is 4.49. The normalized spacial score (nSPS) is 10.2. The third-order valence-electron chi connectivity index (χ3n) is 2.58. The Bertz CT molecular complexity index is 524. The number of pyridine rings is 1. The number of amides is 1. The van der Waals surface area contributed by atoms with E-state index in [0.29, 0.717) is 24.3 Å². The molecule has 2 rings (SSSR count). The molecule has 0 saturated heterocycles. The second-order valence-corrected chi connectivity index (χ2v) is 4.00. The summed E-state index contributed by atoms with van der Waals surface area (Å²) in [6, 6.07) is 3.44. The number of carbonyl (C=O) groups excluding carboxylic acids is 1. The molecule has 0 aliphatic heterocycles. The van der Waals surface area contributed by atoms with Crippen molar-refractivity contribution in [1.29, 1.82) is 0 Å². The topological polar surface area (TPSA) is 82.7 Å². The van der Waals surface area contributed by atoms with Crippen LogP contribution in [0, 0.1) is 0 Å². The van der Waals surface area contributed by atoms with Crippen molar-refractivity contribution in [3.63, 3.8) is 0 Å². The first-order valence-electron chi connectivity index (χ1n) is 6.26. The molecule has 6 heteroatoms. The number of hydrogen-bond donors (Lipinski definition) is 3. The van der Waals surface area contributed by atoms with Crippen LogP contribution < -0.4 is 10.6 Å². The highest BCUT2D eigenvalue weighted by Gasteiger charge is 2.06. The Balaban J connectivity index is 1.87. The molecule has 0 aliphatic rings. The van der Waals surface area contributed by atoms with Gasteiger partial charge in [0, 0.05) is 43.7 Å². The van der Waals surface area contributed by atoms with Crippen LogP contribution in [0.2, 0.25) is 0 Å². The standard InChI is InChI=1S/C13H17N5O/c1-2-14-12-9-10(3-5-15-12)13(19)18-6-4-11-16-7-8-17-11/h3,5,7-9H,2,4,6H2,1H3,(H,14,15)(H,16,17)(H,18,19). The number of imidazole rings is 1. The Labute approximate surface area is 111 Å². The molecule has 0 spiro atoms. The molecule has 100 valence electrons. The van der Waals surface area contributed by atoms with Gasteiger partial charge in [-0.15, -0.1) is 0 Å². The molecule has 2 aromatic heterocycles. The van der Waals surface area contributed by atoms with E-state index in [9.17, 15) is 4.79 Å². The van der Waals surface area contributed by atoms with E-state index < -0.39 is 0 Å². The van der Waals surface area contributed by atoms with Gasteiger partial charge in [-0.05, 0) is 19.1 Å². The number of anilines is 1. The molecule has 6 nitrogen and oxygen atoms in total. The first-order chi connectivity index (χ1) is 9.29. The molecule has 0 bridgehead atoms. The van der Waals surface area contributed by atoms with Crippen molar-refractivity contribution in [2.45, 2.75) is 13.3 Å². The molecule has 3 N–H and O–H groups in total. The number of nitrogens with one attached hydrogen (secondary N) is 3. The summed E-state index contributed by atoms with van der Waals surface area (Å²) in [5.74, 6) is 1.47. The van der Waals surface area contributed by atoms with E-state index in [2.05, 4.69) is 25.6 Å². The van der Waals surface area contributed by atoms with Crippen molar-refractivity contribution in [1.82, 2.24) is 20.3 Å². The Morgan fingerprint density at radius 1 is 1.37 bits per heavy atom. The third-order valence-corrected chi connectivity index (χ3v) is 2.58. The average molecular weight is 259 g/mol. The van der Waals surface area contributed by atoms with Crippen LogP contribution in [0.15, 0.2) is 30.7 Å². The second-order valence-electron chi connectivity index (χ2n) is 4.00. The number of hydrogen-bond acceptors (Lipinski definition) is 4. The van der Waals surface area contributed by atoms with Gasteiger partial charge in [0.15, 0.2) is 0 Å². The fourth-order valence-corrected chi connectivity index (χ4v) is 1.68. The van der Waals surface area contributed by atoms with E-state index in [1.165, 1.54) is 0 Å². The van der Waals surface area contributed by atoms with Crippen molar-refractivity contribution < 1.29 is 4.79 Å². The average Bonchev–Trinajstić information content (AvgIpc) is 2.92. The Hall–Kier alpha value is -2.37. The molecule has 0 atom stereocenters. The summed E-state index contributed by atoms with van der Waals surface area (Å²) in [5.41, 5.74) is 0.602. The first kappa shape index (κ1) is 13.1. The summed E-state index contributed by atoms with van der Waals surface area (Å²) in [5, 5.41) is 5.93. The number of aromatic nitrogens is 3.